The quantitative estimate of drug-likeness (QED) is 0.235. The van der Waals surface area contributed by atoms with E-state index in [1.807, 2.05) is 36.4 Å². The third-order valence-corrected chi connectivity index (χ3v) is 5.12. The van der Waals surface area contributed by atoms with Gasteiger partial charge in [0.05, 0.1) is 12.6 Å². The van der Waals surface area contributed by atoms with Crippen LogP contribution in [0.1, 0.15) is 38.5 Å². The molecule has 1 heterocycles. The van der Waals surface area contributed by atoms with Gasteiger partial charge in [-0.3, -0.25) is 9.59 Å². The number of nitrogens with zero attached hydrogens (tertiary/aromatic N) is 1. The fourth-order valence-corrected chi connectivity index (χ4v) is 3.57. The molecular formula is C21H25NO4S. The maximum atomic E-state index is 12.2. The highest BCUT2D eigenvalue weighted by atomic mass is 32.2. The minimum absolute atomic E-state index is 0.0643. The zero-order valence-corrected chi connectivity index (χ0v) is 16.0. The van der Waals surface area contributed by atoms with Crippen LogP contribution in [0.15, 0.2) is 47.4 Å². The van der Waals surface area contributed by atoms with E-state index in [0.29, 0.717) is 25.8 Å². The number of piperidine rings is 1. The molecule has 27 heavy (non-hydrogen) atoms. The Morgan fingerprint density at radius 3 is 2.85 bits per heavy atom. The number of carboxylic acid groups (broad SMARTS) is 1. The van der Waals surface area contributed by atoms with Gasteiger partial charge in [-0.1, -0.05) is 42.0 Å². The second-order valence-corrected chi connectivity index (χ2v) is 7.48. The molecule has 2 N–H and O–H groups in total. The highest BCUT2D eigenvalue weighted by Crippen LogP contribution is 2.24. The van der Waals surface area contributed by atoms with Gasteiger partial charge in [0.1, 0.15) is 5.44 Å². The molecule has 0 aromatic heterocycles. The Labute approximate surface area is 164 Å². The van der Waals surface area contributed by atoms with Crippen molar-refractivity contribution in [1.29, 1.82) is 0 Å². The van der Waals surface area contributed by atoms with Gasteiger partial charge in [-0.05, 0) is 37.5 Å². The van der Waals surface area contributed by atoms with Gasteiger partial charge in [-0.2, -0.15) is 0 Å². The Hall–Kier alpha value is -2.23. The van der Waals surface area contributed by atoms with Gasteiger partial charge < -0.3 is 15.1 Å². The molecule has 2 rings (SSSR count). The van der Waals surface area contributed by atoms with Crippen molar-refractivity contribution in [2.45, 2.75) is 54.9 Å². The number of carbonyl (C=O) groups excluding carboxylic acids is 1. The standard InChI is InChI=1S/C21H25NO4S/c23-19-12-8-9-17(22(19)16-7-2-1-6-13-20(24)25)14-15-21(26)27-18-10-4-3-5-11-18/h3-5,10-11,14-15,17,21,26H,1,6,8-9,12-13,16H2,(H,24,25)/b15-14+/t17-,21?/m1/s1. The molecule has 1 saturated heterocycles. The molecule has 6 heteroatoms. The average Bonchev–Trinajstić information content (AvgIpc) is 2.65. The summed E-state index contributed by atoms with van der Waals surface area (Å²) >= 11 is 1.35. The first-order chi connectivity index (χ1) is 13.1. The number of unbranched alkanes of at least 4 members (excludes halogenated alkanes) is 1. The Morgan fingerprint density at radius 1 is 1.33 bits per heavy atom. The summed E-state index contributed by atoms with van der Waals surface area (Å²) in [7, 11) is 0. The molecule has 0 spiro atoms. The van der Waals surface area contributed by atoms with Gasteiger partial charge in [0.2, 0.25) is 5.91 Å². The Morgan fingerprint density at radius 2 is 2.11 bits per heavy atom. The highest BCUT2D eigenvalue weighted by Gasteiger charge is 2.25. The number of rotatable bonds is 8. The van der Waals surface area contributed by atoms with Gasteiger partial charge in [-0.15, -0.1) is 5.92 Å². The predicted molar refractivity (Wildman–Crippen MR) is 106 cm³/mol. The second kappa shape index (κ2) is 11.5. The van der Waals surface area contributed by atoms with Crippen LogP contribution in [0.5, 0.6) is 0 Å². The number of aliphatic carboxylic acids is 1. The first-order valence-corrected chi connectivity index (χ1v) is 9.99. The van der Waals surface area contributed by atoms with Gasteiger partial charge >= 0.3 is 5.97 Å². The van der Waals surface area contributed by atoms with Gasteiger partial charge in [0, 0.05) is 24.2 Å². The fraction of sp³-hybridized carbons (Fsp3) is 0.429. The SMILES string of the molecule is O=C(O)CCCC#CCN1C(=O)CCC[C@@H]1/C=C/C(O)Sc1ccccc1. The number of hydrogen-bond donors (Lipinski definition) is 2. The molecule has 144 valence electrons. The molecule has 2 atom stereocenters. The van der Waals surface area contributed by atoms with E-state index in [2.05, 4.69) is 11.8 Å². The normalized spacial score (nSPS) is 18.2. The smallest absolute Gasteiger partial charge is 0.303 e. The lowest BCUT2D eigenvalue weighted by atomic mass is 10.0. The maximum Gasteiger partial charge on any atom is 0.303 e. The zero-order chi connectivity index (χ0) is 19.5. The van der Waals surface area contributed by atoms with Crippen LogP contribution in [0.4, 0.5) is 0 Å². The summed E-state index contributed by atoms with van der Waals surface area (Å²) in [6.07, 6.45) is 6.97. The van der Waals surface area contributed by atoms with Crippen molar-refractivity contribution in [2.24, 2.45) is 0 Å². The van der Waals surface area contributed by atoms with E-state index in [1.165, 1.54) is 11.8 Å². The van der Waals surface area contributed by atoms with Crippen LogP contribution in [0, 0.1) is 11.8 Å². The lowest BCUT2D eigenvalue weighted by Gasteiger charge is -2.32. The van der Waals surface area contributed by atoms with Crippen molar-refractivity contribution < 1.29 is 19.8 Å². The second-order valence-electron chi connectivity index (χ2n) is 6.29. The number of aliphatic hydroxyl groups excluding tert-OH is 1. The van der Waals surface area contributed by atoms with Crippen molar-refractivity contribution in [3.05, 3.63) is 42.5 Å². The summed E-state index contributed by atoms with van der Waals surface area (Å²) in [4.78, 5) is 25.4. The highest BCUT2D eigenvalue weighted by molar-refractivity contribution is 7.99. The number of carboxylic acids is 1. The van der Waals surface area contributed by atoms with E-state index < -0.39 is 11.4 Å². The maximum absolute atomic E-state index is 12.2. The summed E-state index contributed by atoms with van der Waals surface area (Å²) in [5, 5.41) is 18.8. The molecule has 1 aliphatic heterocycles. The third kappa shape index (κ3) is 7.90. The van der Waals surface area contributed by atoms with E-state index in [9.17, 15) is 14.7 Å². The first kappa shape index (κ1) is 21.1. The van der Waals surface area contributed by atoms with Gasteiger partial charge in [0.15, 0.2) is 0 Å². The summed E-state index contributed by atoms with van der Waals surface area (Å²) in [6.45, 7) is 0.336. The number of thioether (sulfide) groups is 1. The van der Waals surface area contributed by atoms with Gasteiger partial charge in [-0.25, -0.2) is 0 Å². The van der Waals surface area contributed by atoms with Crippen molar-refractivity contribution in [3.63, 3.8) is 0 Å². The molecule has 1 fully saturated rings. The molecule has 1 aromatic carbocycles. The summed E-state index contributed by atoms with van der Waals surface area (Å²) in [5.41, 5.74) is -0.673. The third-order valence-electron chi connectivity index (χ3n) is 4.18. The average molecular weight is 388 g/mol. The molecule has 0 aliphatic carbocycles. The van der Waals surface area contributed by atoms with E-state index >= 15 is 0 Å². The van der Waals surface area contributed by atoms with Crippen LogP contribution >= 0.6 is 11.8 Å². The topological polar surface area (TPSA) is 77.8 Å². The minimum Gasteiger partial charge on any atom is -0.481 e. The monoisotopic (exact) mass is 387 g/mol. The largest absolute Gasteiger partial charge is 0.481 e. The Bertz CT molecular complexity index is 708. The molecule has 1 unspecified atom stereocenters. The van der Waals surface area contributed by atoms with Crippen molar-refractivity contribution >= 4 is 23.6 Å². The number of amides is 1. The number of likely N-dealkylation sites (tertiary alicyclic amines) is 1. The number of aliphatic hydroxyl groups is 1. The lowest BCUT2D eigenvalue weighted by molar-refractivity contribution is -0.137. The predicted octanol–water partition coefficient (Wildman–Crippen LogP) is 3.29. The summed E-state index contributed by atoms with van der Waals surface area (Å²) in [6, 6.07) is 9.60. The van der Waals surface area contributed by atoms with Crippen LogP contribution in [0.2, 0.25) is 0 Å². The molecule has 0 radical (unpaired) electrons. The molecular weight excluding hydrogens is 362 g/mol. The minimum atomic E-state index is -0.819. The number of carbonyl (C=O) groups is 2. The summed E-state index contributed by atoms with van der Waals surface area (Å²) in [5.74, 6) is 5.17. The van der Waals surface area contributed by atoms with Crippen molar-refractivity contribution in [3.8, 4) is 11.8 Å². The fourth-order valence-electron chi connectivity index (χ4n) is 2.81. The Kier molecular flexibility index (Phi) is 8.96. The first-order valence-electron chi connectivity index (χ1n) is 9.11. The van der Waals surface area contributed by atoms with Crippen molar-refractivity contribution in [1.82, 2.24) is 4.90 Å². The Balaban J connectivity index is 1.87. The van der Waals surface area contributed by atoms with E-state index in [0.717, 1.165) is 17.7 Å². The van der Waals surface area contributed by atoms with Crippen LogP contribution < -0.4 is 0 Å². The molecule has 0 saturated carbocycles. The summed E-state index contributed by atoms with van der Waals surface area (Å²) < 4.78 is 0. The van der Waals surface area contributed by atoms with Gasteiger partial charge in [0.25, 0.3) is 0 Å². The van der Waals surface area contributed by atoms with Crippen LogP contribution in [0.3, 0.4) is 0 Å². The number of benzene rings is 1. The van der Waals surface area contributed by atoms with E-state index in [4.69, 9.17) is 5.11 Å². The molecule has 5 nitrogen and oxygen atoms in total. The van der Waals surface area contributed by atoms with Crippen LogP contribution in [0.25, 0.3) is 0 Å². The lowest BCUT2D eigenvalue weighted by Crippen LogP contribution is -2.42. The van der Waals surface area contributed by atoms with Crippen LogP contribution in [-0.4, -0.2) is 45.0 Å². The molecule has 0 bridgehead atoms. The number of hydrogen-bond acceptors (Lipinski definition) is 4. The van der Waals surface area contributed by atoms with E-state index in [-0.39, 0.29) is 18.4 Å². The zero-order valence-electron chi connectivity index (χ0n) is 15.2. The molecule has 1 amide bonds. The van der Waals surface area contributed by atoms with Crippen molar-refractivity contribution in [2.75, 3.05) is 6.54 Å². The molecule has 1 aromatic rings. The van der Waals surface area contributed by atoms with Crippen LogP contribution in [-0.2, 0) is 9.59 Å². The van der Waals surface area contributed by atoms with E-state index in [1.54, 1.807) is 11.0 Å². The molecule has 1 aliphatic rings.